The molecule has 5 rings (SSSR count). The highest BCUT2D eigenvalue weighted by Gasteiger charge is 2.25. The lowest BCUT2D eigenvalue weighted by Crippen LogP contribution is -2.07. The molecule has 0 atom stereocenters. The van der Waals surface area contributed by atoms with E-state index in [4.69, 9.17) is 5.73 Å². The van der Waals surface area contributed by atoms with Crippen LogP contribution in [-0.4, -0.2) is 25.8 Å². The Balaban J connectivity index is 1.78. The normalized spacial score (nSPS) is 13.8. The molecule has 2 aromatic carbocycles. The molecule has 0 amide bonds. The number of hydrogen-bond donors (Lipinski definition) is 2. The first-order valence-electron chi connectivity index (χ1n) is 9.35. The van der Waals surface area contributed by atoms with E-state index in [9.17, 15) is 8.78 Å². The maximum absolute atomic E-state index is 14.6. The highest BCUT2D eigenvalue weighted by molar-refractivity contribution is 5.99. The van der Waals surface area contributed by atoms with Crippen LogP contribution in [0.1, 0.15) is 18.4 Å². The second-order valence-electron chi connectivity index (χ2n) is 7.27. The molecule has 0 unspecified atom stereocenters. The van der Waals surface area contributed by atoms with E-state index in [1.54, 1.807) is 4.68 Å². The van der Waals surface area contributed by atoms with Crippen LogP contribution in [0.2, 0.25) is 0 Å². The fourth-order valence-corrected chi connectivity index (χ4v) is 3.32. The number of benzene rings is 2. The second kappa shape index (κ2) is 6.51. The Hall–Kier alpha value is -3.55. The van der Waals surface area contributed by atoms with Gasteiger partial charge in [0.2, 0.25) is 5.95 Å². The number of nitrogens with one attached hydrogen (secondary N) is 1. The van der Waals surface area contributed by atoms with Crippen LogP contribution in [0.25, 0.3) is 28.0 Å². The maximum atomic E-state index is 14.6. The first kappa shape index (κ1) is 17.5. The number of rotatable bonds is 4. The van der Waals surface area contributed by atoms with Crippen LogP contribution < -0.4 is 11.1 Å². The Labute approximate surface area is 165 Å². The Morgan fingerprint density at radius 2 is 1.93 bits per heavy atom. The van der Waals surface area contributed by atoms with Crippen molar-refractivity contribution in [1.82, 2.24) is 19.7 Å². The molecule has 6 nitrogen and oxygen atoms in total. The number of halogens is 2. The summed E-state index contributed by atoms with van der Waals surface area (Å²) in [6.45, 7) is 1.97. The number of nitrogens with two attached hydrogens (primary N) is 1. The first-order valence-corrected chi connectivity index (χ1v) is 9.35. The zero-order valence-electron chi connectivity index (χ0n) is 15.7. The van der Waals surface area contributed by atoms with Crippen molar-refractivity contribution in [2.24, 2.45) is 0 Å². The Morgan fingerprint density at radius 3 is 2.69 bits per heavy atom. The van der Waals surface area contributed by atoms with Crippen molar-refractivity contribution in [3.63, 3.8) is 0 Å². The summed E-state index contributed by atoms with van der Waals surface area (Å²) in [6, 6.07) is 11.2. The standard InChI is InChI=1S/C21H18F2N6/c1-11-3-2-4-14(9-11)29-19(24)17-18(15-10-12(22)5-8-16(15)23)26-21(25-13-6-7-13)27-20(17)28-29/h2-5,8-10,13H,6-7,24H2,1H3,(H,25,27,28). The summed E-state index contributed by atoms with van der Waals surface area (Å²) in [5, 5.41) is 8.12. The first-order chi connectivity index (χ1) is 14.0. The van der Waals surface area contributed by atoms with E-state index in [-0.39, 0.29) is 23.1 Å². The van der Waals surface area contributed by atoms with Gasteiger partial charge in [-0.2, -0.15) is 4.98 Å². The summed E-state index contributed by atoms with van der Waals surface area (Å²) < 4.78 is 30.0. The zero-order chi connectivity index (χ0) is 20.1. The minimum Gasteiger partial charge on any atom is -0.383 e. The summed E-state index contributed by atoms with van der Waals surface area (Å²) in [4.78, 5) is 8.95. The molecule has 0 spiro atoms. The molecule has 8 heteroatoms. The summed E-state index contributed by atoms with van der Waals surface area (Å²) in [7, 11) is 0. The molecular weight excluding hydrogens is 374 g/mol. The van der Waals surface area contributed by atoms with E-state index in [0.29, 0.717) is 17.0 Å². The number of nitrogens with zero attached hydrogens (tertiary/aromatic N) is 4. The van der Waals surface area contributed by atoms with Gasteiger partial charge in [-0.15, -0.1) is 5.10 Å². The predicted molar refractivity (Wildman–Crippen MR) is 108 cm³/mol. The molecule has 4 aromatic rings. The van der Waals surface area contributed by atoms with Crippen LogP contribution in [0.3, 0.4) is 0 Å². The molecule has 3 N–H and O–H groups in total. The van der Waals surface area contributed by atoms with E-state index in [2.05, 4.69) is 20.4 Å². The topological polar surface area (TPSA) is 81.7 Å². The zero-order valence-corrected chi connectivity index (χ0v) is 15.7. The van der Waals surface area contributed by atoms with Crippen LogP contribution in [-0.2, 0) is 0 Å². The third kappa shape index (κ3) is 3.16. The smallest absolute Gasteiger partial charge is 0.225 e. The molecular formula is C21H18F2N6. The molecule has 0 aliphatic heterocycles. The largest absolute Gasteiger partial charge is 0.383 e. The van der Waals surface area contributed by atoms with Gasteiger partial charge in [0.15, 0.2) is 5.65 Å². The number of aryl methyl sites for hydroxylation is 1. The van der Waals surface area contributed by atoms with E-state index in [1.165, 1.54) is 0 Å². The molecule has 1 aliphatic carbocycles. The van der Waals surface area contributed by atoms with Crippen molar-refractivity contribution >= 4 is 22.8 Å². The molecule has 1 saturated carbocycles. The second-order valence-corrected chi connectivity index (χ2v) is 7.27. The summed E-state index contributed by atoms with van der Waals surface area (Å²) >= 11 is 0. The fourth-order valence-electron chi connectivity index (χ4n) is 3.32. The molecule has 2 heterocycles. The summed E-state index contributed by atoms with van der Waals surface area (Å²) in [6.07, 6.45) is 2.04. The van der Waals surface area contributed by atoms with Crippen molar-refractivity contribution in [1.29, 1.82) is 0 Å². The number of aromatic nitrogens is 4. The highest BCUT2D eigenvalue weighted by atomic mass is 19.1. The summed E-state index contributed by atoms with van der Waals surface area (Å²) in [5.41, 5.74) is 8.74. The molecule has 2 aromatic heterocycles. The Morgan fingerprint density at radius 1 is 1.10 bits per heavy atom. The van der Waals surface area contributed by atoms with E-state index in [0.717, 1.165) is 42.3 Å². The predicted octanol–water partition coefficient (Wildman–Crippen LogP) is 4.23. The van der Waals surface area contributed by atoms with E-state index in [1.807, 2.05) is 31.2 Å². The lowest BCUT2D eigenvalue weighted by Gasteiger charge is -2.09. The number of anilines is 2. The SMILES string of the molecule is Cc1cccc(-n2nc3nc(NC4CC4)nc(-c4cc(F)ccc4F)c3c2N)c1. The number of hydrogen-bond acceptors (Lipinski definition) is 5. The molecule has 29 heavy (non-hydrogen) atoms. The van der Waals surface area contributed by atoms with Crippen LogP contribution in [0.4, 0.5) is 20.5 Å². The van der Waals surface area contributed by atoms with Gasteiger partial charge in [0.25, 0.3) is 0 Å². The Bertz CT molecular complexity index is 1250. The van der Waals surface area contributed by atoms with Crippen LogP contribution in [0, 0.1) is 18.6 Å². The van der Waals surface area contributed by atoms with Crippen molar-refractivity contribution in [2.75, 3.05) is 11.1 Å². The average Bonchev–Trinajstić information content (AvgIpc) is 3.44. The number of fused-ring (bicyclic) bond motifs is 1. The molecule has 1 fully saturated rings. The van der Waals surface area contributed by atoms with E-state index >= 15 is 0 Å². The van der Waals surface area contributed by atoms with Gasteiger partial charge in [0.1, 0.15) is 17.5 Å². The van der Waals surface area contributed by atoms with Crippen LogP contribution in [0.5, 0.6) is 0 Å². The van der Waals surface area contributed by atoms with Crippen molar-refractivity contribution in [3.05, 3.63) is 59.7 Å². The molecule has 146 valence electrons. The quantitative estimate of drug-likeness (QED) is 0.543. The third-order valence-corrected chi connectivity index (χ3v) is 4.91. The third-order valence-electron chi connectivity index (χ3n) is 4.91. The highest BCUT2D eigenvalue weighted by Crippen LogP contribution is 2.35. The van der Waals surface area contributed by atoms with Crippen molar-refractivity contribution in [2.45, 2.75) is 25.8 Å². The van der Waals surface area contributed by atoms with Crippen LogP contribution in [0.15, 0.2) is 42.5 Å². The van der Waals surface area contributed by atoms with Gasteiger partial charge in [0, 0.05) is 11.6 Å². The van der Waals surface area contributed by atoms with Gasteiger partial charge < -0.3 is 11.1 Å². The minimum absolute atomic E-state index is 0.0201. The van der Waals surface area contributed by atoms with Gasteiger partial charge in [0.05, 0.1) is 16.8 Å². The molecule has 1 aliphatic rings. The maximum Gasteiger partial charge on any atom is 0.225 e. The van der Waals surface area contributed by atoms with E-state index < -0.39 is 11.6 Å². The average molecular weight is 392 g/mol. The van der Waals surface area contributed by atoms with Gasteiger partial charge in [-0.25, -0.2) is 18.4 Å². The van der Waals surface area contributed by atoms with Gasteiger partial charge in [-0.05, 0) is 55.7 Å². The van der Waals surface area contributed by atoms with Crippen molar-refractivity contribution < 1.29 is 8.78 Å². The molecule has 0 bridgehead atoms. The monoisotopic (exact) mass is 392 g/mol. The Kier molecular flexibility index (Phi) is 3.94. The fraction of sp³-hybridized carbons (Fsp3) is 0.190. The van der Waals surface area contributed by atoms with Crippen molar-refractivity contribution in [3.8, 4) is 16.9 Å². The van der Waals surface area contributed by atoms with Crippen LogP contribution >= 0.6 is 0 Å². The van der Waals surface area contributed by atoms with Gasteiger partial charge >= 0.3 is 0 Å². The lowest BCUT2D eigenvalue weighted by atomic mass is 10.1. The minimum atomic E-state index is -0.591. The van der Waals surface area contributed by atoms with Gasteiger partial charge in [-0.3, -0.25) is 0 Å². The molecule has 0 radical (unpaired) electrons. The lowest BCUT2D eigenvalue weighted by molar-refractivity contribution is 0.603. The molecule has 0 saturated heterocycles. The van der Waals surface area contributed by atoms with Gasteiger partial charge in [-0.1, -0.05) is 12.1 Å². The number of nitrogen functional groups attached to an aromatic ring is 1. The summed E-state index contributed by atoms with van der Waals surface area (Å²) in [5.74, 6) is -0.559.